The molecule has 0 amide bonds. The van der Waals surface area contributed by atoms with E-state index >= 15 is 0 Å². The third-order valence-corrected chi connectivity index (χ3v) is 13.6. The highest BCUT2D eigenvalue weighted by Crippen LogP contribution is 1.91. The van der Waals surface area contributed by atoms with E-state index in [0.717, 1.165) is 278 Å². The fourth-order valence-corrected chi connectivity index (χ4v) is 8.20. The van der Waals surface area contributed by atoms with Crippen molar-refractivity contribution in [2.75, 3.05) is 236 Å². The zero-order valence-electron chi connectivity index (χ0n) is 63.9. The molecule has 0 radical (unpaired) electrons. The summed E-state index contributed by atoms with van der Waals surface area (Å²) in [5, 5.41) is 64.1. The lowest BCUT2D eigenvalue weighted by Gasteiger charge is -2.09. The summed E-state index contributed by atoms with van der Waals surface area (Å²) < 4.78 is 0. The summed E-state index contributed by atoms with van der Waals surface area (Å²) in [6, 6.07) is 0. The van der Waals surface area contributed by atoms with Crippen LogP contribution in [0.5, 0.6) is 0 Å². The largest absolute Gasteiger partial charge is 0.389 e. The Morgan fingerprint density at radius 1 is 0.240 bits per heavy atom. The highest BCUT2D eigenvalue weighted by atomic mass is 15.0. The Bertz CT molecular complexity index is 1520. The van der Waals surface area contributed by atoms with E-state index in [1.807, 2.05) is 20.8 Å². The van der Waals surface area contributed by atoms with E-state index in [9.17, 15) is 0 Å². The summed E-state index contributed by atoms with van der Waals surface area (Å²) >= 11 is 0. The number of nitrogens with two attached hydrogens (primary N) is 1. The summed E-state index contributed by atoms with van der Waals surface area (Å²) in [6.07, 6.45) is 19.7. The molecule has 20 heteroatoms. The van der Waals surface area contributed by atoms with Gasteiger partial charge in [0.1, 0.15) is 0 Å². The van der Waals surface area contributed by atoms with Gasteiger partial charge in [0.25, 0.3) is 0 Å². The molecule has 0 aromatic rings. The van der Waals surface area contributed by atoms with Gasteiger partial charge in [-0.25, -0.2) is 0 Å². The van der Waals surface area contributed by atoms with Gasteiger partial charge in [0, 0.05) is 76.0 Å². The van der Waals surface area contributed by atoms with E-state index in [1.54, 1.807) is 0 Å². The van der Waals surface area contributed by atoms with Crippen LogP contribution in [0.25, 0.3) is 0 Å². The zero-order chi connectivity index (χ0) is 70.5. The predicted octanol–water partition coefficient (Wildman–Crippen LogP) is 9.71. The minimum absolute atomic E-state index is 0. The van der Waals surface area contributed by atoms with Crippen molar-refractivity contribution >= 4 is 0 Å². The van der Waals surface area contributed by atoms with E-state index in [-0.39, 0.29) is 44.6 Å². The first-order chi connectivity index (χ1) is 45.6. The average Bonchev–Trinajstić information content (AvgIpc) is 3.72. The van der Waals surface area contributed by atoms with E-state index < -0.39 is 0 Å². The van der Waals surface area contributed by atoms with Gasteiger partial charge in [-0.1, -0.05) is 128 Å². The van der Waals surface area contributed by atoms with Crippen molar-refractivity contribution in [1.82, 2.24) is 101 Å². The number of likely N-dealkylation sites (N-methyl/N-ethyl adjacent to an activating group) is 1. The van der Waals surface area contributed by atoms with Crippen molar-refractivity contribution in [3.8, 4) is 0 Å². The molecule has 0 aliphatic heterocycles. The fraction of sp³-hybridized carbons (Fsp3) is 0.825. The Hall–Kier alpha value is -3.10. The van der Waals surface area contributed by atoms with Gasteiger partial charge in [0.2, 0.25) is 0 Å². The minimum atomic E-state index is 0. The number of rotatable bonds is 70. The summed E-state index contributed by atoms with van der Waals surface area (Å²) in [5.74, 6) is 0. The maximum absolute atomic E-state index is 5.39. The van der Waals surface area contributed by atoms with E-state index in [4.69, 9.17) is 5.73 Å². The zero-order valence-corrected chi connectivity index (χ0v) is 63.9. The summed E-state index contributed by atoms with van der Waals surface area (Å²) in [5.41, 5.74) is 13.8. The second-order valence-electron chi connectivity index (χ2n) is 24.6. The van der Waals surface area contributed by atoms with Crippen molar-refractivity contribution in [1.29, 1.82) is 0 Å². The molecule has 0 rings (SSSR count). The van der Waals surface area contributed by atoms with E-state index in [0.29, 0.717) is 0 Å². The quantitative estimate of drug-likeness (QED) is 0.0200. The molecule has 0 saturated heterocycles. The van der Waals surface area contributed by atoms with Crippen molar-refractivity contribution in [2.24, 2.45) is 5.73 Å². The first-order valence-electron chi connectivity index (χ1n) is 37.4. The molecule has 0 aromatic carbocycles. The molecule has 0 heterocycles. The second-order valence-corrected chi connectivity index (χ2v) is 24.6. The average molecular weight is 1430 g/mol. The first-order valence-corrected chi connectivity index (χ1v) is 37.4. The monoisotopic (exact) mass is 1430 g/mol. The molecule has 0 aliphatic carbocycles. The normalized spacial score (nSPS) is 9.92. The highest BCUT2D eigenvalue weighted by Gasteiger charge is 1.98. The van der Waals surface area contributed by atoms with Gasteiger partial charge >= 0.3 is 0 Å². The molecule has 0 atom stereocenters. The minimum Gasteiger partial charge on any atom is -0.389 e. The Kier molecular flexibility index (Phi) is 135. The van der Waals surface area contributed by atoms with Crippen molar-refractivity contribution in [3.63, 3.8) is 0 Å². The highest BCUT2D eigenvalue weighted by molar-refractivity contribution is 5.00. The van der Waals surface area contributed by atoms with Crippen LogP contribution in [-0.2, 0) is 0 Å². The number of nitrogens with one attached hydrogen (secondary N) is 19. The molecule has 608 valence electrons. The Labute approximate surface area is 628 Å². The fourth-order valence-electron chi connectivity index (χ4n) is 8.20. The molecule has 0 fully saturated rings. The molecule has 0 unspecified atom stereocenters. The first kappa shape index (κ1) is 121. The Balaban J connectivity index is -0.000000109. The SMILES string of the molecule is C.C.C.C.C.C.C=C(C)NCCCNCCCNCCCN.C=C(C)NCCCNCCCNCCCNC(=C)C.C=C(CNCC)CNCCCNCCCNCC.C=C(CNCCCNCC)CNCCCNCC.CC(C)=CCNCCCNCCCNCCCNCC=C(C)C. The van der Waals surface area contributed by atoms with Crippen LogP contribution in [0.2, 0.25) is 0 Å². The lowest BCUT2D eigenvalue weighted by Crippen LogP contribution is -2.28. The molecule has 21 N–H and O–H groups in total. The molecular weight excluding hydrogens is 1240 g/mol. The topological polar surface area (TPSA) is 255 Å². The van der Waals surface area contributed by atoms with E-state index in [1.165, 1.54) is 80.1 Å². The van der Waals surface area contributed by atoms with Gasteiger partial charge in [-0.15, -0.1) is 0 Å². The lowest BCUT2D eigenvalue weighted by molar-refractivity contribution is 0.560. The van der Waals surface area contributed by atoms with Gasteiger partial charge in [-0.3, -0.25) is 0 Å². The number of hydrogen-bond donors (Lipinski definition) is 20. The van der Waals surface area contributed by atoms with E-state index in [2.05, 4.69) is 201 Å². The van der Waals surface area contributed by atoms with Gasteiger partial charge < -0.3 is 107 Å². The van der Waals surface area contributed by atoms with Crippen LogP contribution in [0.15, 0.2) is 84.4 Å². The van der Waals surface area contributed by atoms with Crippen LogP contribution in [0.1, 0.15) is 204 Å². The molecular formula is C80H188N20. The van der Waals surface area contributed by atoms with Crippen LogP contribution in [0.3, 0.4) is 0 Å². The maximum Gasteiger partial charge on any atom is 0.0174 e. The van der Waals surface area contributed by atoms with Crippen LogP contribution in [0, 0.1) is 0 Å². The molecule has 0 aliphatic rings. The number of hydrogen-bond acceptors (Lipinski definition) is 20. The van der Waals surface area contributed by atoms with Crippen molar-refractivity contribution in [3.05, 3.63) is 84.4 Å². The third kappa shape index (κ3) is 138. The van der Waals surface area contributed by atoms with Gasteiger partial charge in [0.05, 0.1) is 0 Å². The van der Waals surface area contributed by atoms with Gasteiger partial charge in [0.15, 0.2) is 0 Å². The summed E-state index contributed by atoms with van der Waals surface area (Å²) in [4.78, 5) is 0. The van der Waals surface area contributed by atoms with Crippen LogP contribution < -0.4 is 107 Å². The Morgan fingerprint density at radius 3 is 0.620 bits per heavy atom. The molecule has 0 bridgehead atoms. The van der Waals surface area contributed by atoms with Crippen molar-refractivity contribution in [2.45, 2.75) is 204 Å². The molecule has 0 saturated carbocycles. The molecule has 100 heavy (non-hydrogen) atoms. The van der Waals surface area contributed by atoms with Crippen molar-refractivity contribution < 1.29 is 0 Å². The Morgan fingerprint density at radius 2 is 0.420 bits per heavy atom. The van der Waals surface area contributed by atoms with Gasteiger partial charge in [-0.2, -0.15) is 0 Å². The van der Waals surface area contributed by atoms with Crippen LogP contribution in [-0.4, -0.2) is 236 Å². The predicted molar refractivity (Wildman–Crippen MR) is 464 cm³/mol. The molecule has 20 nitrogen and oxygen atoms in total. The maximum atomic E-state index is 5.39. The molecule has 0 spiro atoms. The summed E-state index contributed by atoms with van der Waals surface area (Å²) in [6.45, 7) is 80.1. The van der Waals surface area contributed by atoms with Crippen LogP contribution in [0.4, 0.5) is 0 Å². The standard InChI is InChI=1S/C19H40N4.C15H32N4.2C14H32N4.C12H28N4.6CH4/c1-18(2)8-16-22-14-6-12-20-10-5-11-21-13-7-15-23-17-9-19(3)4;1-14(2)18-12-6-10-16-8-5-9-17-11-7-13-19-15(3)4;1-4-15-8-6-10-17-12-14(3)13-18-11-7-9-16-5-2;1-4-15-8-6-9-17-10-7-11-18-13-14(3)12-16-5-2;1-12(2)16-11-5-10-15-9-4-8-14-7-3-6-13;;;;;;/h8-9,20-23H,5-7,10-17H2,1-4H3;16-19H,1,3,5-13H2,2,4H3;2*15-18H,3-13H2,1-2H3;14-16H,1,3-11,13H2,2H3;6*1H4. The van der Waals surface area contributed by atoms with Gasteiger partial charge in [-0.05, 0) is 320 Å². The third-order valence-electron chi connectivity index (χ3n) is 13.6. The summed E-state index contributed by atoms with van der Waals surface area (Å²) in [7, 11) is 0. The number of allylic oxidation sites excluding steroid dienone is 5. The van der Waals surface area contributed by atoms with Crippen LogP contribution >= 0.6 is 0 Å². The molecule has 0 aromatic heterocycles. The second kappa shape index (κ2) is 112. The smallest absolute Gasteiger partial charge is 0.0174 e. The lowest BCUT2D eigenvalue weighted by atomic mass is 10.3.